The largest absolute Gasteiger partial charge is 0.309 e. The molecule has 0 saturated carbocycles. The van der Waals surface area contributed by atoms with Crippen molar-refractivity contribution in [1.29, 1.82) is 0 Å². The van der Waals surface area contributed by atoms with Gasteiger partial charge in [-0.05, 0) is 61.9 Å². The highest BCUT2D eigenvalue weighted by molar-refractivity contribution is 7.12. The van der Waals surface area contributed by atoms with E-state index in [1.807, 2.05) is 23.5 Å². The summed E-state index contributed by atoms with van der Waals surface area (Å²) in [5, 5.41) is 3.57. The number of rotatable bonds is 5. The van der Waals surface area contributed by atoms with E-state index in [1.165, 1.54) is 41.8 Å². The van der Waals surface area contributed by atoms with Crippen LogP contribution in [0.3, 0.4) is 0 Å². The first-order valence-corrected chi connectivity index (χ1v) is 8.10. The molecule has 1 unspecified atom stereocenters. The van der Waals surface area contributed by atoms with Gasteiger partial charge in [-0.1, -0.05) is 12.1 Å². The van der Waals surface area contributed by atoms with Crippen LogP contribution in [0.5, 0.6) is 0 Å². The summed E-state index contributed by atoms with van der Waals surface area (Å²) < 4.78 is 12.9. The maximum absolute atomic E-state index is 12.9. The van der Waals surface area contributed by atoms with E-state index in [-0.39, 0.29) is 5.82 Å². The Labute approximate surface area is 123 Å². The van der Waals surface area contributed by atoms with Crippen LogP contribution in [-0.2, 0) is 25.8 Å². The van der Waals surface area contributed by atoms with Crippen molar-refractivity contribution in [2.75, 3.05) is 0 Å². The molecule has 1 aromatic carbocycles. The number of aryl methyl sites for hydroxylation is 2. The van der Waals surface area contributed by atoms with Gasteiger partial charge < -0.3 is 5.32 Å². The van der Waals surface area contributed by atoms with Gasteiger partial charge >= 0.3 is 0 Å². The van der Waals surface area contributed by atoms with Gasteiger partial charge in [0.15, 0.2) is 0 Å². The number of hydrogen-bond donors (Lipinski definition) is 1. The molecule has 0 bridgehead atoms. The Bertz CT molecular complexity index is 552. The Morgan fingerprint density at radius 2 is 2.05 bits per heavy atom. The minimum absolute atomic E-state index is 0.164. The Hall–Kier alpha value is -1.19. The number of nitrogens with one attached hydrogen (secondary N) is 1. The lowest BCUT2D eigenvalue weighted by Gasteiger charge is -2.13. The van der Waals surface area contributed by atoms with E-state index in [1.54, 1.807) is 10.4 Å². The van der Waals surface area contributed by atoms with Gasteiger partial charge in [-0.25, -0.2) is 4.39 Å². The average molecular weight is 289 g/mol. The molecule has 0 radical (unpaired) electrons. The first kappa shape index (κ1) is 13.8. The van der Waals surface area contributed by atoms with E-state index >= 15 is 0 Å². The van der Waals surface area contributed by atoms with Gasteiger partial charge in [-0.2, -0.15) is 0 Å². The fourth-order valence-corrected chi connectivity index (χ4v) is 4.01. The molecule has 0 amide bonds. The maximum atomic E-state index is 12.9. The van der Waals surface area contributed by atoms with Crippen LogP contribution >= 0.6 is 11.3 Å². The van der Waals surface area contributed by atoms with Crippen molar-refractivity contribution in [3.63, 3.8) is 0 Å². The first-order valence-electron chi connectivity index (χ1n) is 7.29. The number of halogens is 1. The molecule has 1 heterocycles. The van der Waals surface area contributed by atoms with Crippen molar-refractivity contribution in [2.24, 2.45) is 0 Å². The zero-order valence-corrected chi connectivity index (χ0v) is 12.6. The number of benzene rings is 1. The SMILES string of the molecule is CC(Cc1ccc(F)cc1)NCc1cc2c(s1)CCC2. The Balaban J connectivity index is 1.51. The minimum atomic E-state index is -0.164. The van der Waals surface area contributed by atoms with Crippen LogP contribution in [0.25, 0.3) is 0 Å². The fourth-order valence-electron chi connectivity index (χ4n) is 2.80. The van der Waals surface area contributed by atoms with Crippen LogP contribution in [0.4, 0.5) is 4.39 Å². The average Bonchev–Trinajstić information content (AvgIpc) is 3.00. The molecule has 1 atom stereocenters. The molecule has 0 saturated heterocycles. The van der Waals surface area contributed by atoms with Crippen LogP contribution in [0.2, 0.25) is 0 Å². The third-order valence-electron chi connectivity index (χ3n) is 3.88. The van der Waals surface area contributed by atoms with E-state index in [0.29, 0.717) is 6.04 Å². The molecule has 0 fully saturated rings. The topological polar surface area (TPSA) is 12.0 Å². The smallest absolute Gasteiger partial charge is 0.123 e. The number of fused-ring (bicyclic) bond motifs is 1. The Morgan fingerprint density at radius 3 is 2.80 bits per heavy atom. The fraction of sp³-hybridized carbons (Fsp3) is 0.412. The molecule has 1 N–H and O–H groups in total. The van der Waals surface area contributed by atoms with Crippen molar-refractivity contribution in [3.05, 3.63) is 57.0 Å². The standard InChI is InChI=1S/C17H20FNS/c1-12(9-13-5-7-15(18)8-6-13)19-11-16-10-14-3-2-4-17(14)20-16/h5-8,10,12,19H,2-4,9,11H2,1H3. The molecule has 2 aromatic rings. The van der Waals surface area contributed by atoms with Crippen molar-refractivity contribution >= 4 is 11.3 Å². The monoisotopic (exact) mass is 289 g/mol. The van der Waals surface area contributed by atoms with Gasteiger partial charge in [-0.15, -0.1) is 11.3 Å². The Morgan fingerprint density at radius 1 is 1.25 bits per heavy atom. The predicted molar refractivity (Wildman–Crippen MR) is 82.7 cm³/mol. The lowest BCUT2D eigenvalue weighted by Crippen LogP contribution is -2.27. The zero-order chi connectivity index (χ0) is 13.9. The highest BCUT2D eigenvalue weighted by atomic mass is 32.1. The van der Waals surface area contributed by atoms with Crippen LogP contribution in [0.1, 0.15) is 34.2 Å². The summed E-state index contributed by atoms with van der Waals surface area (Å²) >= 11 is 1.96. The van der Waals surface area contributed by atoms with Crippen molar-refractivity contribution < 1.29 is 4.39 Å². The number of hydrogen-bond acceptors (Lipinski definition) is 2. The lowest BCUT2D eigenvalue weighted by molar-refractivity contribution is 0.547. The minimum Gasteiger partial charge on any atom is -0.309 e. The molecule has 3 heteroatoms. The van der Waals surface area contributed by atoms with E-state index in [9.17, 15) is 4.39 Å². The predicted octanol–water partition coefficient (Wildman–Crippen LogP) is 4.10. The van der Waals surface area contributed by atoms with Gasteiger partial charge in [0.05, 0.1) is 0 Å². The van der Waals surface area contributed by atoms with Gasteiger partial charge in [0.25, 0.3) is 0 Å². The van der Waals surface area contributed by atoms with E-state index in [4.69, 9.17) is 0 Å². The Kier molecular flexibility index (Phi) is 4.18. The molecular weight excluding hydrogens is 269 g/mol. The molecule has 0 aliphatic heterocycles. The summed E-state index contributed by atoms with van der Waals surface area (Å²) in [7, 11) is 0. The van der Waals surface area contributed by atoms with Gasteiger partial charge in [0.1, 0.15) is 5.82 Å². The highest BCUT2D eigenvalue weighted by Crippen LogP contribution is 2.30. The molecule has 1 aliphatic carbocycles. The zero-order valence-electron chi connectivity index (χ0n) is 11.8. The van der Waals surface area contributed by atoms with Crippen molar-refractivity contribution in [3.8, 4) is 0 Å². The molecule has 1 aliphatic rings. The van der Waals surface area contributed by atoms with Crippen LogP contribution < -0.4 is 5.32 Å². The first-order chi connectivity index (χ1) is 9.70. The molecular formula is C17H20FNS. The highest BCUT2D eigenvalue weighted by Gasteiger charge is 2.14. The van der Waals surface area contributed by atoms with Crippen LogP contribution in [0, 0.1) is 5.82 Å². The van der Waals surface area contributed by atoms with E-state index in [2.05, 4.69) is 18.3 Å². The van der Waals surface area contributed by atoms with Crippen LogP contribution in [-0.4, -0.2) is 6.04 Å². The second kappa shape index (κ2) is 6.06. The molecule has 20 heavy (non-hydrogen) atoms. The third kappa shape index (κ3) is 3.28. The van der Waals surface area contributed by atoms with Crippen molar-refractivity contribution in [2.45, 2.75) is 45.2 Å². The van der Waals surface area contributed by atoms with Crippen LogP contribution in [0.15, 0.2) is 30.3 Å². The molecule has 1 nitrogen and oxygen atoms in total. The molecule has 1 aromatic heterocycles. The summed E-state index contributed by atoms with van der Waals surface area (Å²) in [5.74, 6) is -0.164. The van der Waals surface area contributed by atoms with Gasteiger partial charge in [0.2, 0.25) is 0 Å². The summed E-state index contributed by atoms with van der Waals surface area (Å²) in [5.41, 5.74) is 2.75. The van der Waals surface area contributed by atoms with Gasteiger partial charge in [0, 0.05) is 22.3 Å². The quantitative estimate of drug-likeness (QED) is 0.874. The molecule has 3 rings (SSSR count). The third-order valence-corrected chi connectivity index (χ3v) is 5.11. The molecule has 0 spiro atoms. The summed E-state index contributed by atoms with van der Waals surface area (Å²) in [4.78, 5) is 3.04. The van der Waals surface area contributed by atoms with Gasteiger partial charge in [-0.3, -0.25) is 0 Å². The van der Waals surface area contributed by atoms with E-state index in [0.717, 1.165) is 13.0 Å². The lowest BCUT2D eigenvalue weighted by atomic mass is 10.1. The second-order valence-corrected chi connectivity index (χ2v) is 6.85. The summed E-state index contributed by atoms with van der Waals surface area (Å²) in [6.45, 7) is 3.13. The molecule has 106 valence electrons. The maximum Gasteiger partial charge on any atom is 0.123 e. The van der Waals surface area contributed by atoms with Crippen molar-refractivity contribution in [1.82, 2.24) is 5.32 Å². The van der Waals surface area contributed by atoms with E-state index < -0.39 is 0 Å². The summed E-state index contributed by atoms with van der Waals surface area (Å²) in [6, 6.07) is 9.57. The second-order valence-electron chi connectivity index (χ2n) is 5.63. The number of thiophene rings is 1. The normalized spacial score (nSPS) is 15.3. The summed E-state index contributed by atoms with van der Waals surface area (Å²) in [6.07, 6.45) is 4.79.